The summed E-state index contributed by atoms with van der Waals surface area (Å²) in [4.78, 5) is 10.3. The van der Waals surface area contributed by atoms with Gasteiger partial charge in [0.15, 0.2) is 5.00 Å². The normalized spacial score (nSPS) is 22.4. The molecule has 0 amide bonds. The second kappa shape index (κ2) is 6.26. The SMILES string of the molecule is CNc1sc(S(=O)(=O)NC2CCCC2OC)cc1[N+](=O)[O-]. The highest BCUT2D eigenvalue weighted by molar-refractivity contribution is 7.91. The molecule has 1 aromatic heterocycles. The first kappa shape index (κ1) is 16.1. The Morgan fingerprint density at radius 3 is 2.71 bits per heavy atom. The van der Waals surface area contributed by atoms with Crippen LogP contribution >= 0.6 is 11.3 Å². The highest BCUT2D eigenvalue weighted by Crippen LogP contribution is 2.37. The molecule has 1 fully saturated rings. The minimum atomic E-state index is -3.79. The zero-order valence-electron chi connectivity index (χ0n) is 11.7. The first-order valence-corrected chi connectivity index (χ1v) is 8.70. The van der Waals surface area contributed by atoms with E-state index in [1.807, 2.05) is 0 Å². The molecule has 10 heteroatoms. The number of anilines is 1. The minimum Gasteiger partial charge on any atom is -0.380 e. The van der Waals surface area contributed by atoms with Crippen molar-refractivity contribution in [3.63, 3.8) is 0 Å². The standard InChI is InChI=1S/C11H17N3O5S2/c1-12-11-8(14(15)16)6-10(20-11)21(17,18)13-7-4-3-5-9(7)19-2/h6-7,9,12-13H,3-5H2,1-2H3. The third-order valence-corrected chi connectivity index (χ3v) is 6.55. The van der Waals surface area contributed by atoms with Crippen LogP contribution in [0.15, 0.2) is 10.3 Å². The van der Waals surface area contributed by atoms with Gasteiger partial charge in [0, 0.05) is 26.3 Å². The topological polar surface area (TPSA) is 111 Å². The molecule has 0 aliphatic heterocycles. The molecule has 0 aromatic carbocycles. The summed E-state index contributed by atoms with van der Waals surface area (Å²) >= 11 is 0.843. The summed E-state index contributed by atoms with van der Waals surface area (Å²) in [6.07, 6.45) is 2.23. The zero-order chi connectivity index (χ0) is 15.6. The summed E-state index contributed by atoms with van der Waals surface area (Å²) in [5.41, 5.74) is -0.238. The van der Waals surface area contributed by atoms with Gasteiger partial charge in [0.05, 0.1) is 11.0 Å². The van der Waals surface area contributed by atoms with Crippen molar-refractivity contribution < 1.29 is 18.1 Å². The summed E-state index contributed by atoms with van der Waals surface area (Å²) in [6, 6.07) is 0.787. The van der Waals surface area contributed by atoms with Crippen molar-refractivity contribution in [3.05, 3.63) is 16.2 Å². The maximum absolute atomic E-state index is 12.3. The van der Waals surface area contributed by atoms with Crippen LogP contribution in [0.1, 0.15) is 19.3 Å². The molecule has 1 aromatic rings. The predicted octanol–water partition coefficient (Wildman–Crippen LogP) is 1.54. The van der Waals surface area contributed by atoms with Crippen molar-refractivity contribution in [3.8, 4) is 0 Å². The Bertz CT molecular complexity index is 628. The summed E-state index contributed by atoms with van der Waals surface area (Å²) in [7, 11) is -0.725. The van der Waals surface area contributed by atoms with Crippen molar-refractivity contribution >= 4 is 32.0 Å². The number of hydrogen-bond acceptors (Lipinski definition) is 7. The molecule has 2 rings (SSSR count). The van der Waals surface area contributed by atoms with Crippen LogP contribution in [-0.4, -0.2) is 39.6 Å². The van der Waals surface area contributed by atoms with E-state index in [1.165, 1.54) is 7.05 Å². The lowest BCUT2D eigenvalue weighted by molar-refractivity contribution is -0.383. The fourth-order valence-corrected chi connectivity index (χ4v) is 5.00. The monoisotopic (exact) mass is 335 g/mol. The average Bonchev–Trinajstić information content (AvgIpc) is 3.03. The van der Waals surface area contributed by atoms with Crippen LogP contribution in [0.4, 0.5) is 10.7 Å². The first-order valence-electron chi connectivity index (χ1n) is 6.40. The average molecular weight is 335 g/mol. The molecule has 0 bridgehead atoms. The van der Waals surface area contributed by atoms with E-state index in [0.29, 0.717) is 6.42 Å². The van der Waals surface area contributed by atoms with Gasteiger partial charge in [0.25, 0.3) is 10.0 Å². The molecule has 118 valence electrons. The van der Waals surface area contributed by atoms with E-state index in [2.05, 4.69) is 10.0 Å². The molecule has 0 radical (unpaired) electrons. The number of methoxy groups -OCH3 is 1. The number of rotatable bonds is 6. The van der Waals surface area contributed by atoms with Gasteiger partial charge in [-0.1, -0.05) is 11.3 Å². The van der Waals surface area contributed by atoms with Crippen molar-refractivity contribution in [2.45, 2.75) is 35.6 Å². The lowest BCUT2D eigenvalue weighted by Crippen LogP contribution is -2.40. The van der Waals surface area contributed by atoms with Crippen molar-refractivity contribution in [2.75, 3.05) is 19.5 Å². The lowest BCUT2D eigenvalue weighted by atomic mass is 10.2. The van der Waals surface area contributed by atoms with Crippen LogP contribution in [-0.2, 0) is 14.8 Å². The summed E-state index contributed by atoms with van der Waals surface area (Å²) < 4.78 is 32.5. The Morgan fingerprint density at radius 2 is 2.19 bits per heavy atom. The molecular weight excluding hydrogens is 318 g/mol. The third-order valence-electron chi connectivity index (χ3n) is 3.44. The molecule has 8 nitrogen and oxygen atoms in total. The molecule has 2 unspecified atom stereocenters. The second-order valence-corrected chi connectivity index (χ2v) is 7.71. The molecule has 1 saturated carbocycles. The van der Waals surface area contributed by atoms with Gasteiger partial charge in [-0.15, -0.1) is 0 Å². The number of nitrogens with one attached hydrogen (secondary N) is 2. The molecule has 1 aliphatic rings. The Labute approximate surface area is 126 Å². The van der Waals surface area contributed by atoms with E-state index in [9.17, 15) is 18.5 Å². The number of hydrogen-bond donors (Lipinski definition) is 2. The Hall–Kier alpha value is -1.23. The largest absolute Gasteiger partial charge is 0.380 e. The Morgan fingerprint density at radius 1 is 1.48 bits per heavy atom. The molecular formula is C11H17N3O5S2. The Balaban J connectivity index is 2.25. The molecule has 1 heterocycles. The fraction of sp³-hybridized carbons (Fsp3) is 0.636. The van der Waals surface area contributed by atoms with Gasteiger partial charge in [0.1, 0.15) is 4.21 Å². The summed E-state index contributed by atoms with van der Waals surface area (Å²) in [6.45, 7) is 0. The predicted molar refractivity (Wildman–Crippen MR) is 79.3 cm³/mol. The third kappa shape index (κ3) is 3.34. The smallest absolute Gasteiger partial charge is 0.304 e. The highest BCUT2D eigenvalue weighted by atomic mass is 32.2. The van der Waals surface area contributed by atoms with Crippen LogP contribution in [0.5, 0.6) is 0 Å². The van der Waals surface area contributed by atoms with E-state index >= 15 is 0 Å². The van der Waals surface area contributed by atoms with Gasteiger partial charge < -0.3 is 10.1 Å². The molecule has 2 N–H and O–H groups in total. The summed E-state index contributed by atoms with van der Waals surface area (Å²) in [5.74, 6) is 0. The number of nitrogens with zero attached hydrogens (tertiary/aromatic N) is 1. The Kier molecular flexibility index (Phi) is 4.81. The fourth-order valence-electron chi connectivity index (χ4n) is 2.41. The molecule has 2 atom stereocenters. The van der Waals surface area contributed by atoms with Gasteiger partial charge in [-0.05, 0) is 19.3 Å². The van der Waals surface area contributed by atoms with Gasteiger partial charge in [-0.25, -0.2) is 13.1 Å². The molecule has 21 heavy (non-hydrogen) atoms. The maximum Gasteiger partial charge on any atom is 0.304 e. The van der Waals surface area contributed by atoms with Gasteiger partial charge in [-0.2, -0.15) is 0 Å². The zero-order valence-corrected chi connectivity index (χ0v) is 13.3. The van der Waals surface area contributed by atoms with Gasteiger partial charge in [0.2, 0.25) is 0 Å². The van der Waals surface area contributed by atoms with Crippen LogP contribution in [0, 0.1) is 10.1 Å². The number of ether oxygens (including phenoxy) is 1. The van der Waals surface area contributed by atoms with Crippen molar-refractivity contribution in [1.29, 1.82) is 0 Å². The lowest BCUT2D eigenvalue weighted by Gasteiger charge is -2.18. The van der Waals surface area contributed by atoms with Gasteiger partial charge >= 0.3 is 5.69 Å². The molecule has 0 saturated heterocycles. The quantitative estimate of drug-likeness (QED) is 0.603. The van der Waals surface area contributed by atoms with E-state index < -0.39 is 14.9 Å². The second-order valence-electron chi connectivity index (χ2n) is 4.72. The van der Waals surface area contributed by atoms with Gasteiger partial charge in [-0.3, -0.25) is 10.1 Å². The highest BCUT2D eigenvalue weighted by Gasteiger charge is 2.33. The van der Waals surface area contributed by atoms with Crippen LogP contribution in [0.2, 0.25) is 0 Å². The van der Waals surface area contributed by atoms with Crippen molar-refractivity contribution in [2.24, 2.45) is 0 Å². The minimum absolute atomic E-state index is 0.0692. The van der Waals surface area contributed by atoms with Crippen LogP contribution in [0.3, 0.4) is 0 Å². The van der Waals surface area contributed by atoms with E-state index in [1.54, 1.807) is 7.11 Å². The van der Waals surface area contributed by atoms with E-state index in [-0.39, 0.29) is 27.0 Å². The number of nitro groups is 1. The first-order chi connectivity index (χ1) is 9.89. The summed E-state index contributed by atoms with van der Waals surface area (Å²) in [5, 5.41) is 13.8. The van der Waals surface area contributed by atoms with Crippen LogP contribution in [0.25, 0.3) is 0 Å². The molecule has 1 aliphatic carbocycles. The molecule has 0 spiro atoms. The van der Waals surface area contributed by atoms with E-state index in [0.717, 1.165) is 30.2 Å². The van der Waals surface area contributed by atoms with E-state index in [4.69, 9.17) is 4.74 Å². The number of thiophene rings is 1. The number of sulfonamides is 1. The van der Waals surface area contributed by atoms with Crippen molar-refractivity contribution in [1.82, 2.24) is 4.72 Å². The maximum atomic E-state index is 12.3. The van der Waals surface area contributed by atoms with Crippen LogP contribution < -0.4 is 10.0 Å².